The van der Waals surface area contributed by atoms with Gasteiger partial charge in [0, 0.05) is 28.6 Å². The fraction of sp³-hybridized carbons (Fsp3) is 0.167. The Hall–Kier alpha value is -1.39. The van der Waals surface area contributed by atoms with Gasteiger partial charge in [-0.3, -0.25) is 0 Å². The van der Waals surface area contributed by atoms with Crippen molar-refractivity contribution in [3.05, 3.63) is 39.5 Å². The summed E-state index contributed by atoms with van der Waals surface area (Å²) in [4.78, 5) is 1.14. The molecule has 0 saturated heterocycles. The van der Waals surface area contributed by atoms with Gasteiger partial charge in [-0.05, 0) is 18.2 Å². The number of methoxy groups -OCH3 is 1. The highest BCUT2D eigenvalue weighted by molar-refractivity contribution is 7.10. The Bertz CT molecular complexity index is 513. The highest BCUT2D eigenvalue weighted by Crippen LogP contribution is 2.29. The summed E-state index contributed by atoms with van der Waals surface area (Å²) in [5, 5.41) is 15.5. The van der Waals surface area contributed by atoms with Crippen LogP contribution in [0.4, 0.5) is 5.69 Å². The molecule has 0 bridgehead atoms. The van der Waals surface area contributed by atoms with Crippen LogP contribution in [-0.2, 0) is 6.54 Å². The van der Waals surface area contributed by atoms with E-state index in [9.17, 15) is 5.11 Å². The number of hydrogen-bond acceptors (Lipinski definition) is 4. The van der Waals surface area contributed by atoms with E-state index in [2.05, 4.69) is 5.32 Å². The Balaban J connectivity index is 2.02. The molecule has 0 unspecified atom stereocenters. The van der Waals surface area contributed by atoms with Gasteiger partial charge in [-0.25, -0.2) is 0 Å². The smallest absolute Gasteiger partial charge is 0.160 e. The summed E-state index contributed by atoms with van der Waals surface area (Å²) in [5.41, 5.74) is 0.841. The molecule has 3 nitrogen and oxygen atoms in total. The Morgan fingerprint density at radius 3 is 2.82 bits per heavy atom. The van der Waals surface area contributed by atoms with Gasteiger partial charge in [0.05, 0.1) is 12.1 Å². The first kappa shape index (κ1) is 12.1. The summed E-state index contributed by atoms with van der Waals surface area (Å²) in [7, 11) is 1.52. The van der Waals surface area contributed by atoms with E-state index in [1.54, 1.807) is 23.5 Å². The molecule has 1 heterocycles. The van der Waals surface area contributed by atoms with Crippen molar-refractivity contribution in [1.29, 1.82) is 0 Å². The summed E-state index contributed by atoms with van der Waals surface area (Å²) < 4.78 is 4.97. The average molecular weight is 270 g/mol. The summed E-state index contributed by atoms with van der Waals surface area (Å²) in [5.74, 6) is 0.594. The maximum atomic E-state index is 9.61. The Morgan fingerprint density at radius 2 is 2.24 bits per heavy atom. The van der Waals surface area contributed by atoms with Crippen LogP contribution in [0.15, 0.2) is 29.6 Å². The minimum absolute atomic E-state index is 0.127. The molecule has 1 aromatic carbocycles. The van der Waals surface area contributed by atoms with Crippen molar-refractivity contribution < 1.29 is 9.84 Å². The van der Waals surface area contributed by atoms with Crippen LogP contribution >= 0.6 is 22.9 Å². The fourth-order valence-corrected chi connectivity index (χ4v) is 2.45. The van der Waals surface area contributed by atoms with Crippen molar-refractivity contribution in [1.82, 2.24) is 0 Å². The minimum Gasteiger partial charge on any atom is -0.504 e. The van der Waals surface area contributed by atoms with Gasteiger partial charge >= 0.3 is 0 Å². The van der Waals surface area contributed by atoms with Gasteiger partial charge in [-0.1, -0.05) is 11.6 Å². The van der Waals surface area contributed by atoms with Crippen molar-refractivity contribution in [2.45, 2.75) is 6.54 Å². The Labute approximate surface area is 109 Å². The number of aromatic hydroxyl groups is 1. The molecule has 0 amide bonds. The molecule has 2 aromatic rings. The molecule has 5 heteroatoms. The van der Waals surface area contributed by atoms with Crippen LogP contribution in [0.1, 0.15) is 4.88 Å². The van der Waals surface area contributed by atoms with E-state index < -0.39 is 0 Å². The molecule has 0 radical (unpaired) electrons. The molecule has 0 spiro atoms. The summed E-state index contributed by atoms with van der Waals surface area (Å²) in [6.07, 6.45) is 0. The lowest BCUT2D eigenvalue weighted by Gasteiger charge is -2.07. The minimum atomic E-state index is 0.127. The molecule has 0 atom stereocenters. The van der Waals surface area contributed by atoms with Gasteiger partial charge in [-0.15, -0.1) is 11.3 Å². The van der Waals surface area contributed by atoms with Gasteiger partial charge in [0.2, 0.25) is 0 Å². The highest BCUT2D eigenvalue weighted by atomic mass is 35.5. The predicted octanol–water partition coefficient (Wildman–Crippen LogP) is 3.73. The first-order chi connectivity index (χ1) is 8.19. The zero-order chi connectivity index (χ0) is 12.3. The summed E-state index contributed by atoms with van der Waals surface area (Å²) in [6.45, 7) is 0.684. The lowest BCUT2D eigenvalue weighted by atomic mass is 10.2. The number of benzene rings is 1. The lowest BCUT2D eigenvalue weighted by molar-refractivity contribution is 0.373. The van der Waals surface area contributed by atoms with Crippen LogP contribution in [0, 0.1) is 0 Å². The quantitative estimate of drug-likeness (QED) is 0.889. The normalized spacial score (nSPS) is 10.2. The number of phenols is 1. The molecule has 0 aliphatic rings. The van der Waals surface area contributed by atoms with Crippen LogP contribution in [0.5, 0.6) is 11.5 Å². The van der Waals surface area contributed by atoms with Gasteiger partial charge < -0.3 is 15.2 Å². The molecule has 2 N–H and O–H groups in total. The number of phenolic OH excluding ortho intramolecular Hbond substituents is 1. The number of rotatable bonds is 4. The fourth-order valence-electron chi connectivity index (χ4n) is 1.44. The van der Waals surface area contributed by atoms with Crippen molar-refractivity contribution in [2.75, 3.05) is 12.4 Å². The van der Waals surface area contributed by atoms with Gasteiger partial charge in [0.25, 0.3) is 0 Å². The molecule has 2 rings (SSSR count). The van der Waals surface area contributed by atoms with E-state index in [1.165, 1.54) is 7.11 Å². The second-order valence-corrected chi connectivity index (χ2v) is 4.90. The summed E-state index contributed by atoms with van der Waals surface area (Å²) in [6, 6.07) is 7.13. The number of hydrogen-bond donors (Lipinski definition) is 2. The van der Waals surface area contributed by atoms with E-state index in [0.717, 1.165) is 15.6 Å². The van der Waals surface area contributed by atoms with Gasteiger partial charge in [0.1, 0.15) is 0 Å². The zero-order valence-electron chi connectivity index (χ0n) is 9.24. The molecule has 0 fully saturated rings. The molecule has 17 heavy (non-hydrogen) atoms. The Morgan fingerprint density at radius 1 is 1.41 bits per heavy atom. The third kappa shape index (κ3) is 3.05. The molecular weight excluding hydrogens is 258 g/mol. The molecule has 0 saturated carbocycles. The van der Waals surface area contributed by atoms with E-state index in [4.69, 9.17) is 16.3 Å². The van der Waals surface area contributed by atoms with Crippen molar-refractivity contribution in [3.8, 4) is 11.5 Å². The molecule has 0 aliphatic heterocycles. The van der Waals surface area contributed by atoms with E-state index in [-0.39, 0.29) is 5.75 Å². The van der Waals surface area contributed by atoms with Crippen LogP contribution in [-0.4, -0.2) is 12.2 Å². The first-order valence-corrected chi connectivity index (χ1v) is 6.28. The standard InChI is InChI=1S/C12H12ClNO2S/c1-16-12-3-2-9(5-11(12)15)14-6-10-4-8(13)7-17-10/h2-5,7,14-15H,6H2,1H3. The second-order valence-electron chi connectivity index (χ2n) is 3.47. The van der Waals surface area contributed by atoms with Crippen LogP contribution in [0.3, 0.4) is 0 Å². The summed E-state index contributed by atoms with van der Waals surface area (Å²) >= 11 is 7.43. The molecule has 0 aliphatic carbocycles. The van der Waals surface area contributed by atoms with Crippen LogP contribution in [0.25, 0.3) is 0 Å². The predicted molar refractivity (Wildman–Crippen MR) is 71.3 cm³/mol. The maximum Gasteiger partial charge on any atom is 0.160 e. The second kappa shape index (κ2) is 5.29. The van der Waals surface area contributed by atoms with E-state index in [1.807, 2.05) is 17.5 Å². The van der Waals surface area contributed by atoms with Crippen LogP contribution < -0.4 is 10.1 Å². The largest absolute Gasteiger partial charge is 0.504 e. The average Bonchev–Trinajstić information content (AvgIpc) is 2.73. The number of anilines is 1. The van der Waals surface area contributed by atoms with Crippen molar-refractivity contribution in [2.24, 2.45) is 0 Å². The third-order valence-electron chi connectivity index (χ3n) is 2.27. The number of halogens is 1. The monoisotopic (exact) mass is 269 g/mol. The SMILES string of the molecule is COc1ccc(NCc2cc(Cl)cs2)cc1O. The van der Waals surface area contributed by atoms with Gasteiger partial charge in [0.15, 0.2) is 11.5 Å². The maximum absolute atomic E-state index is 9.61. The molecular formula is C12H12ClNO2S. The topological polar surface area (TPSA) is 41.5 Å². The lowest BCUT2D eigenvalue weighted by Crippen LogP contribution is -1.97. The van der Waals surface area contributed by atoms with Crippen LogP contribution in [0.2, 0.25) is 5.02 Å². The zero-order valence-corrected chi connectivity index (χ0v) is 10.8. The molecule has 90 valence electrons. The molecule has 1 aromatic heterocycles. The third-order valence-corrected chi connectivity index (χ3v) is 3.55. The number of ether oxygens (including phenoxy) is 1. The van der Waals surface area contributed by atoms with Crippen molar-refractivity contribution in [3.63, 3.8) is 0 Å². The first-order valence-electron chi connectivity index (χ1n) is 5.03. The number of nitrogens with one attached hydrogen (secondary N) is 1. The van der Waals surface area contributed by atoms with E-state index >= 15 is 0 Å². The highest BCUT2D eigenvalue weighted by Gasteiger charge is 2.03. The van der Waals surface area contributed by atoms with Crippen molar-refractivity contribution >= 4 is 28.6 Å². The van der Waals surface area contributed by atoms with E-state index in [0.29, 0.717) is 12.3 Å². The van der Waals surface area contributed by atoms with Gasteiger partial charge in [-0.2, -0.15) is 0 Å². The Kier molecular flexibility index (Phi) is 3.76. The number of thiophene rings is 1.